The minimum atomic E-state index is -0.0814. The van der Waals surface area contributed by atoms with Gasteiger partial charge in [-0.05, 0) is 55.0 Å². The second-order valence-corrected chi connectivity index (χ2v) is 11.7. The topological polar surface area (TPSA) is 23.5 Å². The number of aromatic hydroxyl groups is 1. The zero-order valence-corrected chi connectivity index (χ0v) is 20.1. The number of phenolic OH excluding ortho intramolecular Hbond substituents is 1. The van der Waals surface area contributed by atoms with Gasteiger partial charge in [-0.15, -0.1) is 0 Å². The summed E-state index contributed by atoms with van der Waals surface area (Å²) >= 11 is 0. The van der Waals surface area contributed by atoms with E-state index < -0.39 is 0 Å². The molecular formula is C26H38NOP. The Labute approximate surface area is 179 Å². The number of aryl methyl sites for hydroxylation is 1. The summed E-state index contributed by atoms with van der Waals surface area (Å²) in [6.07, 6.45) is 4.92. The Morgan fingerprint density at radius 1 is 0.966 bits per heavy atom. The van der Waals surface area contributed by atoms with E-state index in [1.807, 2.05) is 0 Å². The van der Waals surface area contributed by atoms with Gasteiger partial charge in [0.15, 0.2) is 0 Å². The van der Waals surface area contributed by atoms with E-state index in [4.69, 9.17) is 0 Å². The van der Waals surface area contributed by atoms with Crippen molar-refractivity contribution in [3.05, 3.63) is 53.1 Å². The molecule has 1 N–H and O–H groups in total. The third-order valence-electron chi connectivity index (χ3n) is 6.38. The molecule has 2 aromatic rings. The highest BCUT2D eigenvalue weighted by molar-refractivity contribution is 7.49. The molecule has 0 radical (unpaired) electrons. The number of para-hydroxylation sites is 1. The number of hydrogen-bond acceptors (Lipinski definition) is 2. The molecule has 0 aromatic heterocycles. The van der Waals surface area contributed by atoms with Crippen LogP contribution in [0.4, 0.5) is 5.69 Å². The van der Waals surface area contributed by atoms with Gasteiger partial charge in [0, 0.05) is 29.5 Å². The van der Waals surface area contributed by atoms with Gasteiger partial charge in [0.05, 0.1) is 0 Å². The molecule has 158 valence electrons. The van der Waals surface area contributed by atoms with Crippen LogP contribution in [0.15, 0.2) is 36.4 Å². The van der Waals surface area contributed by atoms with Crippen LogP contribution in [0.25, 0.3) is 0 Å². The van der Waals surface area contributed by atoms with Gasteiger partial charge in [0.2, 0.25) is 0 Å². The van der Waals surface area contributed by atoms with Gasteiger partial charge in [0.25, 0.3) is 0 Å². The quantitative estimate of drug-likeness (QED) is 0.559. The molecule has 1 saturated heterocycles. The van der Waals surface area contributed by atoms with E-state index in [0.29, 0.717) is 14.3 Å². The molecule has 1 fully saturated rings. The third kappa shape index (κ3) is 4.80. The van der Waals surface area contributed by atoms with E-state index in [1.165, 1.54) is 35.8 Å². The second kappa shape index (κ2) is 8.68. The van der Waals surface area contributed by atoms with Crippen molar-refractivity contribution in [1.29, 1.82) is 0 Å². The van der Waals surface area contributed by atoms with Crippen LogP contribution < -0.4 is 10.2 Å². The molecular weight excluding hydrogens is 373 g/mol. The number of phenols is 1. The average Bonchev–Trinajstić information content (AvgIpc) is 2.69. The molecule has 2 unspecified atom stereocenters. The van der Waals surface area contributed by atoms with Crippen LogP contribution >= 0.6 is 8.58 Å². The monoisotopic (exact) mass is 411 g/mol. The van der Waals surface area contributed by atoms with Gasteiger partial charge < -0.3 is 10.0 Å². The van der Waals surface area contributed by atoms with Crippen LogP contribution in [-0.2, 0) is 10.6 Å². The number of benzene rings is 2. The summed E-state index contributed by atoms with van der Waals surface area (Å²) < 4.78 is 0. The lowest BCUT2D eigenvalue weighted by atomic mass is 9.82. The van der Waals surface area contributed by atoms with Gasteiger partial charge >= 0.3 is 0 Å². The van der Waals surface area contributed by atoms with E-state index in [-0.39, 0.29) is 10.6 Å². The van der Waals surface area contributed by atoms with Crippen molar-refractivity contribution in [2.24, 2.45) is 0 Å². The van der Waals surface area contributed by atoms with E-state index in [1.54, 1.807) is 0 Å². The lowest BCUT2D eigenvalue weighted by Gasteiger charge is -2.36. The van der Waals surface area contributed by atoms with Crippen molar-refractivity contribution in [3.8, 4) is 5.75 Å². The van der Waals surface area contributed by atoms with Gasteiger partial charge in [-0.2, -0.15) is 0 Å². The van der Waals surface area contributed by atoms with Crippen molar-refractivity contribution < 1.29 is 5.11 Å². The summed E-state index contributed by atoms with van der Waals surface area (Å²) in [5.41, 5.74) is 4.72. The number of piperidine rings is 1. The molecule has 3 rings (SSSR count). The molecule has 2 aromatic carbocycles. The number of nitrogens with zero attached hydrogens (tertiary/aromatic N) is 1. The molecule has 1 heterocycles. The summed E-state index contributed by atoms with van der Waals surface area (Å²) in [6, 6.07) is 13.3. The Morgan fingerprint density at radius 3 is 2.21 bits per heavy atom. The van der Waals surface area contributed by atoms with Gasteiger partial charge in [-0.1, -0.05) is 79.1 Å². The third-order valence-corrected chi connectivity index (χ3v) is 8.24. The van der Waals surface area contributed by atoms with Gasteiger partial charge in [-0.25, -0.2) is 0 Å². The van der Waals surface area contributed by atoms with Crippen LogP contribution in [0.5, 0.6) is 5.75 Å². The molecule has 0 saturated carbocycles. The maximum Gasteiger partial charge on any atom is 0.123 e. The second-order valence-electron chi connectivity index (χ2n) is 9.83. The highest BCUT2D eigenvalue weighted by Crippen LogP contribution is 2.50. The first-order chi connectivity index (χ1) is 13.7. The Balaban J connectivity index is 2.03. The predicted octanol–water partition coefficient (Wildman–Crippen LogP) is 6.62. The lowest BCUT2D eigenvalue weighted by Crippen LogP contribution is -2.33. The number of anilines is 1. The Kier molecular flexibility index (Phi) is 6.64. The number of rotatable bonds is 5. The fourth-order valence-corrected chi connectivity index (χ4v) is 6.05. The van der Waals surface area contributed by atoms with Crippen molar-refractivity contribution in [2.75, 3.05) is 18.0 Å². The largest absolute Gasteiger partial charge is 0.507 e. The molecule has 1 aliphatic heterocycles. The maximum atomic E-state index is 11.3. The molecule has 0 bridgehead atoms. The minimum absolute atomic E-state index is 0.0751. The lowest BCUT2D eigenvalue weighted by molar-refractivity contribution is 0.430. The SMILES string of the molecule is CCC(C)(Pc1ccccc1N1CCCCC1)c1cc(C)cc(C(C)(C)C)c1O. The minimum Gasteiger partial charge on any atom is -0.507 e. The highest BCUT2D eigenvalue weighted by Gasteiger charge is 2.32. The molecule has 2 nitrogen and oxygen atoms in total. The molecule has 3 heteroatoms. The van der Waals surface area contributed by atoms with Crippen LogP contribution in [0.3, 0.4) is 0 Å². The van der Waals surface area contributed by atoms with Crippen molar-refractivity contribution in [1.82, 2.24) is 0 Å². The zero-order chi connectivity index (χ0) is 21.2. The smallest absolute Gasteiger partial charge is 0.123 e. The van der Waals surface area contributed by atoms with E-state index in [2.05, 4.69) is 82.8 Å². The molecule has 29 heavy (non-hydrogen) atoms. The van der Waals surface area contributed by atoms with Gasteiger partial charge in [-0.3, -0.25) is 0 Å². The summed E-state index contributed by atoms with van der Waals surface area (Å²) in [6.45, 7) is 15.6. The standard InChI is InChI=1S/C26H38NOP/c1-7-26(6,21-18-19(2)17-20(24(21)28)25(3,4)5)29-23-14-10-9-13-22(23)27-15-11-8-12-16-27/h9-10,13-14,17-18,28-29H,7-8,11-12,15-16H2,1-6H3. The van der Waals surface area contributed by atoms with Crippen molar-refractivity contribution in [3.63, 3.8) is 0 Å². The molecule has 0 amide bonds. The summed E-state index contributed by atoms with van der Waals surface area (Å²) in [5.74, 6) is 0.496. The highest BCUT2D eigenvalue weighted by atomic mass is 31.1. The average molecular weight is 412 g/mol. The first-order valence-corrected chi connectivity index (χ1v) is 12.1. The van der Waals surface area contributed by atoms with Crippen molar-refractivity contribution >= 4 is 19.6 Å². The summed E-state index contributed by atoms with van der Waals surface area (Å²) in [5, 5.41) is 12.7. The fraction of sp³-hybridized carbons (Fsp3) is 0.538. The maximum absolute atomic E-state index is 11.3. The zero-order valence-electron chi connectivity index (χ0n) is 19.1. The predicted molar refractivity (Wildman–Crippen MR) is 130 cm³/mol. The fourth-order valence-electron chi connectivity index (χ4n) is 4.40. The van der Waals surface area contributed by atoms with Gasteiger partial charge in [0.1, 0.15) is 5.75 Å². The summed E-state index contributed by atoms with van der Waals surface area (Å²) in [7, 11) is 0.620. The molecule has 0 spiro atoms. The van der Waals surface area contributed by atoms with E-state index in [9.17, 15) is 5.11 Å². The molecule has 2 atom stereocenters. The molecule has 1 aliphatic rings. The first kappa shape index (κ1) is 22.2. The Morgan fingerprint density at radius 2 is 1.59 bits per heavy atom. The molecule has 0 aliphatic carbocycles. The Hall–Kier alpha value is -1.53. The van der Waals surface area contributed by atoms with E-state index >= 15 is 0 Å². The van der Waals surface area contributed by atoms with Crippen molar-refractivity contribution in [2.45, 2.75) is 77.8 Å². The van der Waals surface area contributed by atoms with Crippen LogP contribution in [0.1, 0.15) is 77.0 Å². The number of hydrogen-bond donors (Lipinski definition) is 1. The normalized spacial score (nSPS) is 17.7. The van der Waals surface area contributed by atoms with E-state index in [0.717, 1.165) is 30.6 Å². The first-order valence-electron chi connectivity index (χ1n) is 11.1. The van der Waals surface area contributed by atoms with Crippen LogP contribution in [0.2, 0.25) is 0 Å². The van der Waals surface area contributed by atoms with Crippen LogP contribution in [0, 0.1) is 6.92 Å². The Bertz CT molecular complexity index is 848. The van der Waals surface area contributed by atoms with Crippen LogP contribution in [-0.4, -0.2) is 18.2 Å². The summed E-state index contributed by atoms with van der Waals surface area (Å²) in [4.78, 5) is 2.57.